The average molecular weight is 234 g/mol. The first-order valence-corrected chi connectivity index (χ1v) is 4.54. The summed E-state index contributed by atoms with van der Waals surface area (Å²) in [4.78, 5) is 15.3. The Bertz CT molecular complexity index is 217. The van der Waals surface area contributed by atoms with E-state index in [2.05, 4.69) is 12.6 Å². The van der Waals surface area contributed by atoms with Crippen molar-refractivity contribution in [2.24, 2.45) is 0 Å². The van der Waals surface area contributed by atoms with Crippen LogP contribution in [0.25, 0.3) is 0 Å². The first-order chi connectivity index (χ1) is 5.13. The molecule has 0 saturated carbocycles. The quantitative estimate of drug-likeness (QED) is 0.331. The van der Waals surface area contributed by atoms with E-state index >= 15 is 0 Å². The molecule has 0 bridgehead atoms. The predicted octanol–water partition coefficient (Wildman–Crippen LogP) is -0.137. The first-order valence-electron chi connectivity index (χ1n) is 2.79. The van der Waals surface area contributed by atoms with Crippen LogP contribution in [0.3, 0.4) is 0 Å². The van der Waals surface area contributed by atoms with Crippen LogP contribution in [0.4, 0.5) is 0 Å². The topological polar surface area (TPSA) is 89.0 Å². The molecule has 0 atom stereocenters. The van der Waals surface area contributed by atoms with Crippen LogP contribution >= 0.6 is 20.9 Å². The normalized spacial score (nSPS) is 7.38. The second-order valence-electron chi connectivity index (χ2n) is 1.62. The summed E-state index contributed by atoms with van der Waals surface area (Å²) in [7, 11) is -3.13. The van der Waals surface area contributed by atoms with Crippen molar-refractivity contribution in [1.29, 1.82) is 0 Å². The monoisotopic (exact) mass is 234 g/mol. The Morgan fingerprint density at radius 1 is 1.15 bits per heavy atom. The second-order valence-corrected chi connectivity index (χ2v) is 2.70. The molecule has 4 nitrogen and oxygen atoms in total. The number of hydrogen-bond acceptors (Lipinski definition) is 2. The third-order valence-electron chi connectivity index (χ3n) is 0.756. The van der Waals surface area contributed by atoms with Crippen LogP contribution in [-0.4, -0.2) is 44.8 Å². The molecule has 7 heteroatoms. The summed E-state index contributed by atoms with van der Waals surface area (Å²) in [5.41, 5.74) is 0. The van der Waals surface area contributed by atoms with E-state index in [0.717, 1.165) is 4.90 Å². The summed E-state index contributed by atoms with van der Waals surface area (Å²) in [6.45, 7) is 0. The summed E-state index contributed by atoms with van der Waals surface area (Å²) in [5, 5.41) is 0. The average Bonchev–Trinajstić information content (AvgIpc) is 1.87. The molecule has 0 spiro atoms. The Kier molecular flexibility index (Phi) is 18.8. The molecule has 1 rings (SSSR count). The van der Waals surface area contributed by atoms with E-state index in [1.54, 1.807) is 0 Å². The van der Waals surface area contributed by atoms with Crippen molar-refractivity contribution in [3.05, 3.63) is 30.3 Å². The number of benzene rings is 1. The summed E-state index contributed by atoms with van der Waals surface area (Å²) in [5.74, 6) is 0. The number of rotatable bonds is 0. The van der Waals surface area contributed by atoms with Crippen LogP contribution < -0.4 is 0 Å². The Labute approximate surface area is 105 Å². The minimum atomic E-state index is -3.13. The van der Waals surface area contributed by atoms with Gasteiger partial charge in [0.15, 0.2) is 0 Å². The van der Waals surface area contributed by atoms with E-state index in [9.17, 15) is 0 Å². The second kappa shape index (κ2) is 12.7. The molecule has 1 aromatic carbocycles. The van der Waals surface area contributed by atoms with Crippen LogP contribution in [0.2, 0.25) is 0 Å². The van der Waals surface area contributed by atoms with Crippen molar-refractivity contribution in [3.63, 3.8) is 0 Å². The predicted molar refractivity (Wildman–Crippen MR) is 57.9 cm³/mol. The zero-order chi connectivity index (χ0) is 8.69. The van der Waals surface area contributed by atoms with Gasteiger partial charge in [-0.15, -0.1) is 12.6 Å². The molecule has 0 heterocycles. The molecule has 4 N–H and O–H groups in total. The molecule has 0 unspecified atom stereocenters. The first kappa shape index (κ1) is 19.3. The molecule has 1 aromatic rings. The summed E-state index contributed by atoms with van der Waals surface area (Å²) >= 11 is 4.08. The van der Waals surface area contributed by atoms with Gasteiger partial charge < -0.3 is 15.3 Å². The van der Waals surface area contributed by atoms with Crippen LogP contribution in [0.1, 0.15) is 0 Å². The SMILES string of the molecule is O.O=[PH](O)O.Sc1ccccc1.[NaH]. The maximum atomic E-state index is 8.74. The van der Waals surface area contributed by atoms with Crippen molar-refractivity contribution in [2.75, 3.05) is 0 Å². The van der Waals surface area contributed by atoms with Gasteiger partial charge in [-0.2, -0.15) is 0 Å². The molecule has 0 aliphatic heterocycles. The third kappa shape index (κ3) is 19.2. The van der Waals surface area contributed by atoms with Gasteiger partial charge in [-0.1, -0.05) is 18.2 Å². The van der Waals surface area contributed by atoms with Crippen LogP contribution in [0.15, 0.2) is 35.2 Å². The molecule has 0 fully saturated rings. The van der Waals surface area contributed by atoms with E-state index in [1.807, 2.05) is 30.3 Å². The van der Waals surface area contributed by atoms with Gasteiger partial charge in [0.1, 0.15) is 0 Å². The van der Waals surface area contributed by atoms with E-state index < -0.39 is 8.25 Å². The fourth-order valence-electron chi connectivity index (χ4n) is 0.428. The standard InChI is InChI=1S/C6H6S.Na.H3O3P.H2O.H/c7-6-4-2-1-3-5-6;;1-4(2)3;;/h1-5,7H;;4H,(H2,1,2,3);1H2;. The third-order valence-corrected chi connectivity index (χ3v) is 1.05. The summed E-state index contributed by atoms with van der Waals surface area (Å²) in [6.07, 6.45) is 0. The van der Waals surface area contributed by atoms with Crippen LogP contribution in [-0.2, 0) is 4.57 Å². The zero-order valence-corrected chi connectivity index (χ0v) is 8.03. The molecule has 0 aliphatic rings. The fraction of sp³-hybridized carbons (Fsp3) is 0. The molecule has 0 radical (unpaired) electrons. The van der Waals surface area contributed by atoms with E-state index in [-0.39, 0.29) is 35.0 Å². The molecule has 72 valence electrons. The molecular formula is C6H12NaO4PS. The van der Waals surface area contributed by atoms with Crippen molar-refractivity contribution in [1.82, 2.24) is 0 Å². The van der Waals surface area contributed by atoms with Gasteiger partial charge in [-0.3, -0.25) is 4.57 Å². The molecular weight excluding hydrogens is 222 g/mol. The van der Waals surface area contributed by atoms with Gasteiger partial charge in [-0.25, -0.2) is 0 Å². The van der Waals surface area contributed by atoms with Crippen molar-refractivity contribution >= 4 is 50.4 Å². The van der Waals surface area contributed by atoms with Gasteiger partial charge in [0, 0.05) is 4.90 Å². The molecule has 0 aromatic heterocycles. The Morgan fingerprint density at radius 2 is 1.46 bits per heavy atom. The van der Waals surface area contributed by atoms with Crippen molar-refractivity contribution in [3.8, 4) is 0 Å². The van der Waals surface area contributed by atoms with Crippen LogP contribution in [0.5, 0.6) is 0 Å². The molecule has 0 saturated heterocycles. The van der Waals surface area contributed by atoms with Gasteiger partial charge in [0.25, 0.3) is 0 Å². The summed E-state index contributed by atoms with van der Waals surface area (Å²) in [6, 6.07) is 9.79. The zero-order valence-electron chi connectivity index (χ0n) is 6.14. The van der Waals surface area contributed by atoms with Gasteiger partial charge in [0.05, 0.1) is 0 Å². The number of hydrogen-bond donors (Lipinski definition) is 3. The van der Waals surface area contributed by atoms with Gasteiger partial charge in [0.2, 0.25) is 0 Å². The van der Waals surface area contributed by atoms with Gasteiger partial charge in [-0.05, 0) is 12.1 Å². The van der Waals surface area contributed by atoms with E-state index in [1.165, 1.54) is 0 Å². The Hall–Kier alpha value is 0.680. The number of thiol groups is 1. The Balaban J connectivity index is -0.000000150. The minimum absolute atomic E-state index is 0. The maximum absolute atomic E-state index is 8.74. The van der Waals surface area contributed by atoms with Crippen LogP contribution in [0, 0.1) is 0 Å². The van der Waals surface area contributed by atoms with Crippen molar-refractivity contribution in [2.45, 2.75) is 4.90 Å². The van der Waals surface area contributed by atoms with Crippen molar-refractivity contribution < 1.29 is 19.8 Å². The van der Waals surface area contributed by atoms with Gasteiger partial charge >= 0.3 is 37.8 Å². The van der Waals surface area contributed by atoms with E-state index in [0.29, 0.717) is 0 Å². The molecule has 0 amide bonds. The molecule has 0 aliphatic carbocycles. The van der Waals surface area contributed by atoms with E-state index in [4.69, 9.17) is 14.4 Å². The Morgan fingerprint density at radius 3 is 1.62 bits per heavy atom. The summed E-state index contributed by atoms with van der Waals surface area (Å²) < 4.78 is 8.74. The molecule has 13 heavy (non-hydrogen) atoms. The fourth-order valence-corrected chi connectivity index (χ4v) is 0.600.